The summed E-state index contributed by atoms with van der Waals surface area (Å²) in [5.74, 6) is 0. The maximum absolute atomic E-state index is 12.7. The molecule has 0 aliphatic rings. The molecule has 1 heterocycles. The van der Waals surface area contributed by atoms with E-state index in [9.17, 15) is 4.79 Å². The van der Waals surface area contributed by atoms with E-state index in [1.807, 2.05) is 17.7 Å². The van der Waals surface area contributed by atoms with E-state index < -0.39 is 0 Å². The SMILES string of the molecule is CNCc1ccc(-c2ccc(C)c(C)c2)n(C(C)C)c1=O. The molecule has 21 heavy (non-hydrogen) atoms. The molecular weight excluding hydrogens is 260 g/mol. The lowest BCUT2D eigenvalue weighted by atomic mass is 10.0. The quantitative estimate of drug-likeness (QED) is 0.933. The summed E-state index contributed by atoms with van der Waals surface area (Å²) < 4.78 is 1.89. The van der Waals surface area contributed by atoms with Gasteiger partial charge in [0.05, 0.1) is 5.69 Å². The first kappa shape index (κ1) is 15.5. The van der Waals surface area contributed by atoms with Crippen molar-refractivity contribution < 1.29 is 0 Å². The first-order valence-electron chi connectivity index (χ1n) is 7.42. The summed E-state index contributed by atoms with van der Waals surface area (Å²) >= 11 is 0. The molecule has 0 saturated heterocycles. The number of nitrogens with zero attached hydrogens (tertiary/aromatic N) is 1. The van der Waals surface area contributed by atoms with E-state index in [1.54, 1.807) is 0 Å². The van der Waals surface area contributed by atoms with Crippen LogP contribution in [-0.4, -0.2) is 11.6 Å². The average molecular weight is 284 g/mol. The Labute approximate surface area is 126 Å². The van der Waals surface area contributed by atoms with Gasteiger partial charge < -0.3 is 9.88 Å². The molecule has 3 heteroatoms. The van der Waals surface area contributed by atoms with Gasteiger partial charge in [-0.1, -0.05) is 18.2 Å². The molecule has 112 valence electrons. The van der Waals surface area contributed by atoms with Crippen LogP contribution in [0, 0.1) is 13.8 Å². The number of aryl methyl sites for hydroxylation is 2. The van der Waals surface area contributed by atoms with Crippen molar-refractivity contribution in [2.24, 2.45) is 0 Å². The Morgan fingerprint density at radius 3 is 2.38 bits per heavy atom. The molecule has 0 saturated carbocycles. The minimum absolute atomic E-state index is 0.0927. The number of rotatable bonds is 4. The van der Waals surface area contributed by atoms with Gasteiger partial charge in [-0.15, -0.1) is 0 Å². The fourth-order valence-electron chi connectivity index (χ4n) is 2.57. The van der Waals surface area contributed by atoms with Crippen molar-refractivity contribution in [1.82, 2.24) is 9.88 Å². The van der Waals surface area contributed by atoms with Crippen molar-refractivity contribution in [3.05, 3.63) is 57.4 Å². The Balaban J connectivity index is 2.65. The number of hydrogen-bond donors (Lipinski definition) is 1. The monoisotopic (exact) mass is 284 g/mol. The molecule has 0 atom stereocenters. The maximum atomic E-state index is 12.7. The van der Waals surface area contributed by atoms with Crippen LogP contribution >= 0.6 is 0 Å². The number of pyridine rings is 1. The third-order valence-electron chi connectivity index (χ3n) is 3.88. The Bertz CT molecular complexity index is 699. The molecule has 0 radical (unpaired) electrons. The third kappa shape index (κ3) is 3.08. The highest BCUT2D eigenvalue weighted by Gasteiger charge is 2.13. The number of nitrogens with one attached hydrogen (secondary N) is 1. The fraction of sp³-hybridized carbons (Fsp3) is 0.389. The highest BCUT2D eigenvalue weighted by atomic mass is 16.1. The summed E-state index contributed by atoms with van der Waals surface area (Å²) in [5.41, 5.74) is 5.49. The first-order chi connectivity index (χ1) is 9.95. The normalized spacial score (nSPS) is 11.1. The fourth-order valence-corrected chi connectivity index (χ4v) is 2.57. The minimum Gasteiger partial charge on any atom is -0.315 e. The summed E-state index contributed by atoms with van der Waals surface area (Å²) in [6, 6.07) is 10.5. The van der Waals surface area contributed by atoms with Gasteiger partial charge in [0.2, 0.25) is 0 Å². The molecule has 0 aliphatic heterocycles. The van der Waals surface area contributed by atoms with Crippen LogP contribution in [0.4, 0.5) is 0 Å². The lowest BCUT2D eigenvalue weighted by Crippen LogP contribution is -2.28. The van der Waals surface area contributed by atoms with Crippen LogP contribution in [0.1, 0.15) is 36.6 Å². The van der Waals surface area contributed by atoms with Gasteiger partial charge in [0, 0.05) is 18.2 Å². The van der Waals surface area contributed by atoms with Crippen molar-refractivity contribution >= 4 is 0 Å². The lowest BCUT2D eigenvalue weighted by Gasteiger charge is -2.18. The molecule has 1 aromatic heterocycles. The van der Waals surface area contributed by atoms with Crippen LogP contribution in [0.2, 0.25) is 0 Å². The minimum atomic E-state index is 0.0927. The maximum Gasteiger partial charge on any atom is 0.255 e. The zero-order valence-corrected chi connectivity index (χ0v) is 13.5. The average Bonchev–Trinajstić information content (AvgIpc) is 2.43. The van der Waals surface area contributed by atoms with Crippen molar-refractivity contribution in [2.75, 3.05) is 7.05 Å². The molecule has 0 fully saturated rings. The standard InChI is InChI=1S/C18H24N2O/c1-12(2)20-17(9-8-16(11-19-5)18(20)21)15-7-6-13(3)14(4)10-15/h6-10,12,19H,11H2,1-5H3. The third-order valence-corrected chi connectivity index (χ3v) is 3.88. The van der Waals surface area contributed by atoms with Crippen molar-refractivity contribution in [3.63, 3.8) is 0 Å². The highest BCUT2D eigenvalue weighted by Crippen LogP contribution is 2.23. The summed E-state index contributed by atoms with van der Waals surface area (Å²) in [5, 5.41) is 3.05. The molecule has 3 nitrogen and oxygen atoms in total. The Kier molecular flexibility index (Phi) is 4.63. The second-order valence-corrected chi connectivity index (χ2v) is 5.84. The summed E-state index contributed by atoms with van der Waals surface area (Å²) in [4.78, 5) is 12.7. The van der Waals surface area contributed by atoms with Gasteiger partial charge >= 0.3 is 0 Å². The van der Waals surface area contributed by atoms with Gasteiger partial charge in [-0.2, -0.15) is 0 Å². The smallest absolute Gasteiger partial charge is 0.255 e. The molecule has 0 aliphatic carbocycles. The van der Waals surface area contributed by atoms with Gasteiger partial charge in [0.25, 0.3) is 5.56 Å². The van der Waals surface area contributed by atoms with Crippen LogP contribution in [-0.2, 0) is 6.54 Å². The summed E-state index contributed by atoms with van der Waals surface area (Å²) in [6.45, 7) is 8.90. The van der Waals surface area contributed by atoms with Crippen LogP contribution in [0.25, 0.3) is 11.3 Å². The van der Waals surface area contributed by atoms with Crippen LogP contribution in [0.15, 0.2) is 35.1 Å². The van der Waals surface area contributed by atoms with Gasteiger partial charge in [-0.3, -0.25) is 4.79 Å². The second-order valence-electron chi connectivity index (χ2n) is 5.84. The molecule has 1 N–H and O–H groups in total. The molecule has 0 bridgehead atoms. The van der Waals surface area contributed by atoms with Crippen LogP contribution < -0.4 is 10.9 Å². The number of aromatic nitrogens is 1. The molecule has 0 unspecified atom stereocenters. The van der Waals surface area contributed by atoms with Crippen LogP contribution in [0.5, 0.6) is 0 Å². The van der Waals surface area contributed by atoms with E-state index >= 15 is 0 Å². The van der Waals surface area contributed by atoms with E-state index in [0.29, 0.717) is 6.54 Å². The van der Waals surface area contributed by atoms with Gasteiger partial charge in [-0.05, 0) is 63.6 Å². The predicted octanol–water partition coefficient (Wildman–Crippen LogP) is 3.43. The zero-order chi connectivity index (χ0) is 15.6. The van der Waals surface area contributed by atoms with Gasteiger partial charge in [0.15, 0.2) is 0 Å². The topological polar surface area (TPSA) is 34.0 Å². The Hall–Kier alpha value is -1.87. The van der Waals surface area contributed by atoms with Crippen molar-refractivity contribution in [1.29, 1.82) is 0 Å². The molecule has 2 rings (SSSR count). The van der Waals surface area contributed by atoms with E-state index in [4.69, 9.17) is 0 Å². The van der Waals surface area contributed by atoms with Crippen molar-refractivity contribution in [3.8, 4) is 11.3 Å². The zero-order valence-electron chi connectivity index (χ0n) is 13.5. The van der Waals surface area contributed by atoms with Crippen LogP contribution in [0.3, 0.4) is 0 Å². The highest BCUT2D eigenvalue weighted by molar-refractivity contribution is 5.62. The van der Waals surface area contributed by atoms with E-state index in [0.717, 1.165) is 16.8 Å². The predicted molar refractivity (Wildman–Crippen MR) is 88.8 cm³/mol. The van der Waals surface area contributed by atoms with Gasteiger partial charge in [0.1, 0.15) is 0 Å². The van der Waals surface area contributed by atoms with E-state index in [2.05, 4.69) is 57.3 Å². The Morgan fingerprint density at radius 1 is 1.10 bits per heavy atom. The molecular formula is C18H24N2O. The molecule has 0 spiro atoms. The number of hydrogen-bond acceptors (Lipinski definition) is 2. The van der Waals surface area contributed by atoms with Gasteiger partial charge in [-0.25, -0.2) is 0 Å². The Morgan fingerprint density at radius 2 is 1.81 bits per heavy atom. The summed E-state index contributed by atoms with van der Waals surface area (Å²) in [7, 11) is 1.86. The summed E-state index contributed by atoms with van der Waals surface area (Å²) in [6.07, 6.45) is 0. The van der Waals surface area contributed by atoms with Crippen molar-refractivity contribution in [2.45, 2.75) is 40.3 Å². The largest absolute Gasteiger partial charge is 0.315 e. The molecule has 1 aromatic carbocycles. The molecule has 2 aromatic rings. The second kappa shape index (κ2) is 6.27. The van der Waals surface area contributed by atoms with E-state index in [-0.39, 0.29) is 11.6 Å². The molecule has 0 amide bonds. The number of benzene rings is 1. The first-order valence-corrected chi connectivity index (χ1v) is 7.42. The van der Waals surface area contributed by atoms with E-state index in [1.165, 1.54) is 11.1 Å². The lowest BCUT2D eigenvalue weighted by molar-refractivity contribution is 0.577.